The third kappa shape index (κ3) is 5.44. The number of nitrogens with one attached hydrogen (secondary N) is 1. The van der Waals surface area contributed by atoms with Crippen LogP contribution in [-0.4, -0.2) is 26.1 Å². The van der Waals surface area contributed by atoms with Gasteiger partial charge in [0, 0.05) is 24.9 Å². The Balaban J connectivity index is 2.66. The van der Waals surface area contributed by atoms with Crippen LogP contribution in [0.3, 0.4) is 0 Å². The van der Waals surface area contributed by atoms with Gasteiger partial charge >= 0.3 is 6.36 Å². The van der Waals surface area contributed by atoms with E-state index in [1.54, 1.807) is 13.2 Å². The molecule has 1 aromatic carbocycles. The maximum absolute atomic E-state index is 12.0. The first-order valence-electron chi connectivity index (χ1n) is 5.02. The Kier molecular flexibility index (Phi) is 4.62. The van der Waals surface area contributed by atoms with Crippen LogP contribution in [0.1, 0.15) is 6.92 Å². The normalized spacial score (nSPS) is 13.2. The van der Waals surface area contributed by atoms with Crippen molar-refractivity contribution in [3.8, 4) is 5.75 Å². The highest BCUT2D eigenvalue weighted by Crippen LogP contribution is 2.25. The van der Waals surface area contributed by atoms with Crippen LogP contribution in [0, 0.1) is 0 Å². The molecule has 6 heteroatoms. The quantitative estimate of drug-likeness (QED) is 0.870. The fourth-order valence-corrected chi connectivity index (χ4v) is 1.36. The van der Waals surface area contributed by atoms with Crippen molar-refractivity contribution in [3.63, 3.8) is 0 Å². The van der Waals surface area contributed by atoms with E-state index >= 15 is 0 Å². The second kappa shape index (κ2) is 5.77. The Morgan fingerprint density at radius 1 is 1.35 bits per heavy atom. The van der Waals surface area contributed by atoms with Gasteiger partial charge in [-0.1, -0.05) is 6.07 Å². The van der Waals surface area contributed by atoms with Gasteiger partial charge in [-0.05, 0) is 19.1 Å². The maximum atomic E-state index is 12.0. The van der Waals surface area contributed by atoms with Crippen molar-refractivity contribution in [1.82, 2.24) is 0 Å². The second-order valence-electron chi connectivity index (χ2n) is 3.58. The van der Waals surface area contributed by atoms with Crippen molar-refractivity contribution in [3.05, 3.63) is 24.3 Å². The van der Waals surface area contributed by atoms with Crippen molar-refractivity contribution < 1.29 is 22.6 Å². The van der Waals surface area contributed by atoms with Gasteiger partial charge in [0.25, 0.3) is 0 Å². The number of methoxy groups -OCH3 is 1. The van der Waals surface area contributed by atoms with E-state index in [1.165, 1.54) is 18.2 Å². The minimum atomic E-state index is -4.67. The number of alkyl halides is 3. The molecule has 0 aliphatic rings. The Hall–Kier alpha value is -1.43. The summed E-state index contributed by atoms with van der Waals surface area (Å²) in [5.74, 6) is -0.243. The predicted octanol–water partition coefficient (Wildman–Crippen LogP) is 3.03. The fourth-order valence-electron chi connectivity index (χ4n) is 1.36. The van der Waals surface area contributed by atoms with Crippen LogP contribution in [0.15, 0.2) is 24.3 Å². The summed E-state index contributed by atoms with van der Waals surface area (Å²) < 4.78 is 44.7. The van der Waals surface area contributed by atoms with Crippen molar-refractivity contribution >= 4 is 5.69 Å². The number of hydrogen-bond donors (Lipinski definition) is 1. The standard InChI is InChI=1S/C11H14F3NO2/c1-8(7-16-2)15-9-4-3-5-10(6-9)17-11(12,13)14/h3-6,8,15H,7H2,1-2H3. The SMILES string of the molecule is COCC(C)Nc1cccc(OC(F)(F)F)c1. The van der Waals surface area contributed by atoms with Crippen LogP contribution in [-0.2, 0) is 4.74 Å². The van der Waals surface area contributed by atoms with E-state index in [0.717, 1.165) is 0 Å². The molecule has 0 spiro atoms. The first-order chi connectivity index (χ1) is 7.90. The lowest BCUT2D eigenvalue weighted by Gasteiger charge is -2.15. The summed E-state index contributed by atoms with van der Waals surface area (Å²) in [6, 6.07) is 5.69. The van der Waals surface area contributed by atoms with Crippen LogP contribution in [0.4, 0.5) is 18.9 Å². The summed E-state index contributed by atoms with van der Waals surface area (Å²) in [7, 11) is 1.56. The van der Waals surface area contributed by atoms with Gasteiger partial charge < -0.3 is 14.8 Å². The highest BCUT2D eigenvalue weighted by Gasteiger charge is 2.31. The number of rotatable bonds is 5. The highest BCUT2D eigenvalue weighted by atomic mass is 19.4. The molecule has 0 aromatic heterocycles. The Bertz CT molecular complexity index is 355. The molecule has 3 nitrogen and oxygen atoms in total. The summed E-state index contributed by atoms with van der Waals surface area (Å²) in [5, 5.41) is 3.00. The largest absolute Gasteiger partial charge is 0.573 e. The molecule has 96 valence electrons. The molecule has 0 bridgehead atoms. The minimum Gasteiger partial charge on any atom is -0.406 e. The van der Waals surface area contributed by atoms with Gasteiger partial charge in [-0.2, -0.15) is 0 Å². The lowest BCUT2D eigenvalue weighted by molar-refractivity contribution is -0.274. The van der Waals surface area contributed by atoms with E-state index in [2.05, 4.69) is 10.1 Å². The van der Waals surface area contributed by atoms with E-state index in [1.807, 2.05) is 6.92 Å². The Morgan fingerprint density at radius 2 is 2.06 bits per heavy atom. The number of halogens is 3. The van der Waals surface area contributed by atoms with E-state index in [4.69, 9.17) is 4.74 Å². The topological polar surface area (TPSA) is 30.5 Å². The molecule has 1 atom stereocenters. The summed E-state index contributed by atoms with van der Waals surface area (Å²) in [5.41, 5.74) is 0.552. The molecule has 0 heterocycles. The molecule has 0 fully saturated rings. The second-order valence-corrected chi connectivity index (χ2v) is 3.58. The molecular formula is C11H14F3NO2. The van der Waals surface area contributed by atoms with E-state index in [-0.39, 0.29) is 11.8 Å². The lowest BCUT2D eigenvalue weighted by atomic mass is 10.2. The molecule has 0 aliphatic heterocycles. The molecule has 17 heavy (non-hydrogen) atoms. The highest BCUT2D eigenvalue weighted by molar-refractivity contribution is 5.48. The summed E-state index contributed by atoms with van der Waals surface area (Å²) in [6.07, 6.45) is -4.67. The Morgan fingerprint density at radius 3 is 2.65 bits per heavy atom. The third-order valence-corrected chi connectivity index (χ3v) is 1.90. The van der Waals surface area contributed by atoms with Crippen molar-refractivity contribution in [2.45, 2.75) is 19.3 Å². The Labute approximate surface area is 97.5 Å². The van der Waals surface area contributed by atoms with Crippen LogP contribution in [0.2, 0.25) is 0 Å². The first kappa shape index (κ1) is 13.6. The zero-order chi connectivity index (χ0) is 12.9. The van der Waals surface area contributed by atoms with Crippen LogP contribution in [0.5, 0.6) is 5.75 Å². The van der Waals surface area contributed by atoms with Crippen LogP contribution < -0.4 is 10.1 Å². The number of benzene rings is 1. The van der Waals surface area contributed by atoms with Gasteiger partial charge in [0.05, 0.1) is 6.61 Å². The molecule has 0 saturated carbocycles. The van der Waals surface area contributed by atoms with Gasteiger partial charge in [0.15, 0.2) is 0 Å². The zero-order valence-corrected chi connectivity index (χ0v) is 9.54. The summed E-state index contributed by atoms with van der Waals surface area (Å²) >= 11 is 0. The van der Waals surface area contributed by atoms with Crippen LogP contribution in [0.25, 0.3) is 0 Å². The molecule has 1 aromatic rings. The molecule has 1 unspecified atom stereocenters. The first-order valence-corrected chi connectivity index (χ1v) is 5.02. The minimum absolute atomic E-state index is 0.00105. The van der Waals surface area contributed by atoms with E-state index in [9.17, 15) is 13.2 Å². The number of hydrogen-bond acceptors (Lipinski definition) is 3. The summed E-state index contributed by atoms with van der Waals surface area (Å²) in [4.78, 5) is 0. The van der Waals surface area contributed by atoms with Gasteiger partial charge in [-0.15, -0.1) is 13.2 Å². The molecule has 1 N–H and O–H groups in total. The lowest BCUT2D eigenvalue weighted by Crippen LogP contribution is -2.21. The number of anilines is 1. The predicted molar refractivity (Wildman–Crippen MR) is 58.1 cm³/mol. The molecule has 0 amide bonds. The van der Waals surface area contributed by atoms with Crippen molar-refractivity contribution in [2.24, 2.45) is 0 Å². The number of ether oxygens (including phenoxy) is 2. The van der Waals surface area contributed by atoms with E-state index in [0.29, 0.717) is 12.3 Å². The molecule has 1 rings (SSSR count). The fraction of sp³-hybridized carbons (Fsp3) is 0.455. The van der Waals surface area contributed by atoms with Gasteiger partial charge in [0.1, 0.15) is 5.75 Å². The van der Waals surface area contributed by atoms with Gasteiger partial charge in [-0.3, -0.25) is 0 Å². The average Bonchev–Trinajstić information content (AvgIpc) is 2.15. The van der Waals surface area contributed by atoms with E-state index < -0.39 is 6.36 Å². The van der Waals surface area contributed by atoms with Crippen molar-refractivity contribution in [2.75, 3.05) is 19.0 Å². The van der Waals surface area contributed by atoms with Crippen molar-refractivity contribution in [1.29, 1.82) is 0 Å². The molecule has 0 aliphatic carbocycles. The smallest absolute Gasteiger partial charge is 0.406 e. The third-order valence-electron chi connectivity index (χ3n) is 1.90. The molecule has 0 saturated heterocycles. The molecule has 0 radical (unpaired) electrons. The van der Waals surface area contributed by atoms with Gasteiger partial charge in [-0.25, -0.2) is 0 Å². The molecular weight excluding hydrogens is 235 g/mol. The maximum Gasteiger partial charge on any atom is 0.573 e. The van der Waals surface area contributed by atoms with Gasteiger partial charge in [0.2, 0.25) is 0 Å². The summed E-state index contributed by atoms with van der Waals surface area (Å²) in [6.45, 7) is 2.32. The van der Waals surface area contributed by atoms with Crippen LogP contribution >= 0.6 is 0 Å². The monoisotopic (exact) mass is 249 g/mol. The average molecular weight is 249 g/mol. The zero-order valence-electron chi connectivity index (χ0n) is 9.54.